The van der Waals surface area contributed by atoms with Gasteiger partial charge in [-0.2, -0.15) is 0 Å². The van der Waals surface area contributed by atoms with Gasteiger partial charge in [-0.1, -0.05) is 6.07 Å². The van der Waals surface area contributed by atoms with E-state index in [0.717, 1.165) is 33.3 Å². The number of hydrogen-bond acceptors (Lipinski definition) is 9. The van der Waals surface area contributed by atoms with E-state index in [9.17, 15) is 4.79 Å². The molecule has 4 aromatic rings. The molecule has 3 aliphatic rings. The van der Waals surface area contributed by atoms with Crippen LogP contribution in [-0.4, -0.2) is 45.7 Å². The van der Waals surface area contributed by atoms with Crippen molar-refractivity contribution in [1.29, 1.82) is 0 Å². The smallest absolute Gasteiger partial charge is 0.310 e. The van der Waals surface area contributed by atoms with Crippen molar-refractivity contribution in [2.75, 3.05) is 40.0 Å². The fourth-order valence-corrected chi connectivity index (χ4v) is 6.37. The lowest BCUT2D eigenvalue weighted by Gasteiger charge is -2.40. The molecular formula is C31H28N2O7. The van der Waals surface area contributed by atoms with Gasteiger partial charge in [0.25, 0.3) is 0 Å². The number of ether oxygens (including phenoxy) is 6. The van der Waals surface area contributed by atoms with Crippen molar-refractivity contribution in [1.82, 2.24) is 4.98 Å². The maximum Gasteiger partial charge on any atom is 0.310 e. The predicted molar refractivity (Wildman–Crippen MR) is 147 cm³/mol. The number of aromatic nitrogens is 1. The van der Waals surface area contributed by atoms with Gasteiger partial charge in [0.15, 0.2) is 23.0 Å². The van der Waals surface area contributed by atoms with E-state index in [0.29, 0.717) is 35.4 Å². The molecule has 40 heavy (non-hydrogen) atoms. The second kappa shape index (κ2) is 9.51. The Kier molecular flexibility index (Phi) is 5.80. The van der Waals surface area contributed by atoms with E-state index in [-0.39, 0.29) is 30.6 Å². The van der Waals surface area contributed by atoms with Crippen molar-refractivity contribution in [2.24, 2.45) is 11.8 Å². The summed E-state index contributed by atoms with van der Waals surface area (Å²) >= 11 is 0. The molecule has 2 aliphatic heterocycles. The minimum atomic E-state index is -0.449. The van der Waals surface area contributed by atoms with Crippen molar-refractivity contribution in [2.45, 2.75) is 12.0 Å². The minimum Gasteiger partial charge on any atom is -0.493 e. The summed E-state index contributed by atoms with van der Waals surface area (Å²) in [5.41, 5.74) is 4.68. The SMILES string of the molecule is COc1cc([C@@H]2c3cc4c(cc3[C@@H](Nc3ccc5ncccc5c3)[C@H]3COC(=O)[C@H]23)OCO4)cc(OC)c1OC. The Hall–Kier alpha value is -4.66. The molecule has 0 unspecified atom stereocenters. The number of cyclic esters (lactones) is 1. The molecule has 1 saturated heterocycles. The summed E-state index contributed by atoms with van der Waals surface area (Å²) in [4.78, 5) is 17.9. The molecular weight excluding hydrogens is 512 g/mol. The maximum atomic E-state index is 13.4. The molecule has 4 atom stereocenters. The Balaban J connectivity index is 1.40. The number of methoxy groups -OCH3 is 3. The Bertz CT molecular complexity index is 1610. The first-order chi connectivity index (χ1) is 19.6. The Labute approximate surface area is 230 Å². The molecule has 1 fully saturated rings. The molecule has 3 aromatic carbocycles. The monoisotopic (exact) mass is 540 g/mol. The quantitative estimate of drug-likeness (QED) is 0.336. The number of fused-ring (bicyclic) bond motifs is 4. The van der Waals surface area contributed by atoms with Crippen LogP contribution in [0.3, 0.4) is 0 Å². The maximum absolute atomic E-state index is 13.4. The lowest BCUT2D eigenvalue weighted by Crippen LogP contribution is -2.37. The first-order valence-electron chi connectivity index (χ1n) is 13.1. The second-order valence-electron chi connectivity index (χ2n) is 10.1. The van der Waals surface area contributed by atoms with Gasteiger partial charge in [-0.25, -0.2) is 0 Å². The number of nitrogens with zero attached hydrogens (tertiary/aromatic N) is 1. The van der Waals surface area contributed by atoms with E-state index in [1.165, 1.54) is 0 Å². The number of benzene rings is 3. The van der Waals surface area contributed by atoms with Gasteiger partial charge in [0.2, 0.25) is 12.5 Å². The van der Waals surface area contributed by atoms with Gasteiger partial charge in [0, 0.05) is 29.1 Å². The third-order valence-corrected chi connectivity index (χ3v) is 8.16. The second-order valence-corrected chi connectivity index (χ2v) is 10.1. The number of anilines is 1. The Morgan fingerprint density at radius 2 is 1.62 bits per heavy atom. The van der Waals surface area contributed by atoms with Crippen LogP contribution in [-0.2, 0) is 9.53 Å². The van der Waals surface area contributed by atoms with Gasteiger partial charge in [0.05, 0.1) is 45.4 Å². The number of pyridine rings is 1. The normalized spacial score (nSPS) is 22.3. The van der Waals surface area contributed by atoms with Crippen LogP contribution in [0.2, 0.25) is 0 Å². The highest BCUT2D eigenvalue weighted by atomic mass is 16.7. The number of nitrogens with one attached hydrogen (secondary N) is 1. The van der Waals surface area contributed by atoms with Gasteiger partial charge in [0.1, 0.15) is 0 Å². The van der Waals surface area contributed by atoms with Crippen LogP contribution < -0.4 is 29.0 Å². The Morgan fingerprint density at radius 3 is 2.35 bits per heavy atom. The fourth-order valence-electron chi connectivity index (χ4n) is 6.37. The summed E-state index contributed by atoms with van der Waals surface area (Å²) in [6, 6.07) is 17.7. The molecule has 0 spiro atoms. The summed E-state index contributed by atoms with van der Waals surface area (Å²) in [7, 11) is 4.74. The van der Waals surface area contributed by atoms with E-state index < -0.39 is 5.92 Å². The van der Waals surface area contributed by atoms with Crippen molar-refractivity contribution in [3.8, 4) is 28.7 Å². The van der Waals surface area contributed by atoms with Gasteiger partial charge in [-0.3, -0.25) is 9.78 Å². The van der Waals surface area contributed by atoms with Crippen LogP contribution in [0.15, 0.2) is 60.8 Å². The zero-order chi connectivity index (χ0) is 27.4. The standard InChI is InChI=1S/C31H28N2O7/c1-35-25-10-17(11-26(36-2)30(25)37-3)27-19-12-23-24(40-15-39-23)13-20(19)29(21-14-38-31(34)28(21)27)33-18-6-7-22-16(9-18)5-4-8-32-22/h4-13,21,27-29,33H,14-15H2,1-3H3/t21-,27+,28-,29+/m0/s1. The molecule has 204 valence electrons. The van der Waals surface area contributed by atoms with Crippen LogP contribution in [0.25, 0.3) is 10.9 Å². The molecule has 3 heterocycles. The third kappa shape index (κ3) is 3.76. The average molecular weight is 541 g/mol. The summed E-state index contributed by atoms with van der Waals surface area (Å²) in [6.07, 6.45) is 1.78. The highest BCUT2D eigenvalue weighted by molar-refractivity contribution is 5.83. The summed E-state index contributed by atoms with van der Waals surface area (Å²) < 4.78 is 34.2. The molecule has 9 heteroatoms. The summed E-state index contributed by atoms with van der Waals surface area (Å²) in [6.45, 7) is 0.447. The topological polar surface area (TPSA) is 97.4 Å². The van der Waals surface area contributed by atoms with E-state index >= 15 is 0 Å². The highest BCUT2D eigenvalue weighted by Crippen LogP contribution is 2.56. The lowest BCUT2D eigenvalue weighted by molar-refractivity contribution is -0.141. The Morgan fingerprint density at radius 1 is 0.875 bits per heavy atom. The summed E-state index contributed by atoms with van der Waals surface area (Å²) in [5, 5.41) is 4.75. The fraction of sp³-hybridized carbons (Fsp3) is 0.290. The van der Waals surface area contributed by atoms with Gasteiger partial charge < -0.3 is 33.7 Å². The number of carbonyl (C=O) groups is 1. The molecule has 1 N–H and O–H groups in total. The molecule has 0 saturated carbocycles. The first kappa shape index (κ1) is 24.4. The molecule has 7 rings (SSSR count). The van der Waals surface area contributed by atoms with Crippen LogP contribution in [0.4, 0.5) is 5.69 Å². The predicted octanol–water partition coefficient (Wildman–Crippen LogP) is 5.08. The number of esters is 1. The van der Waals surface area contributed by atoms with E-state index in [4.69, 9.17) is 28.4 Å². The zero-order valence-electron chi connectivity index (χ0n) is 22.3. The van der Waals surface area contributed by atoms with E-state index in [1.54, 1.807) is 27.5 Å². The van der Waals surface area contributed by atoms with Gasteiger partial charge in [-0.05, 0) is 65.2 Å². The van der Waals surface area contributed by atoms with Gasteiger partial charge >= 0.3 is 5.97 Å². The highest BCUT2D eigenvalue weighted by Gasteiger charge is 2.52. The molecule has 0 bridgehead atoms. The van der Waals surface area contributed by atoms with Crippen LogP contribution in [0.5, 0.6) is 28.7 Å². The number of carbonyl (C=O) groups excluding carboxylic acids is 1. The molecule has 0 amide bonds. The third-order valence-electron chi connectivity index (χ3n) is 8.16. The first-order valence-corrected chi connectivity index (χ1v) is 13.1. The van der Waals surface area contributed by atoms with Crippen molar-refractivity contribution >= 4 is 22.6 Å². The zero-order valence-corrected chi connectivity index (χ0v) is 22.3. The lowest BCUT2D eigenvalue weighted by atomic mass is 9.65. The number of rotatable bonds is 6. The summed E-state index contributed by atoms with van der Waals surface area (Å²) in [5.74, 6) is 1.70. The van der Waals surface area contributed by atoms with E-state index in [2.05, 4.69) is 16.4 Å². The largest absolute Gasteiger partial charge is 0.493 e. The van der Waals surface area contributed by atoms with Crippen LogP contribution >= 0.6 is 0 Å². The molecule has 1 aromatic heterocycles. The average Bonchev–Trinajstić information content (AvgIpc) is 3.61. The molecule has 9 nitrogen and oxygen atoms in total. The minimum absolute atomic E-state index is 0.144. The van der Waals surface area contributed by atoms with Crippen molar-refractivity contribution < 1.29 is 33.2 Å². The van der Waals surface area contributed by atoms with Crippen LogP contribution in [0.1, 0.15) is 28.7 Å². The molecule has 0 radical (unpaired) electrons. The van der Waals surface area contributed by atoms with Crippen molar-refractivity contribution in [3.63, 3.8) is 0 Å². The number of hydrogen-bond donors (Lipinski definition) is 1. The van der Waals surface area contributed by atoms with E-state index in [1.807, 2.05) is 48.5 Å². The van der Waals surface area contributed by atoms with Crippen molar-refractivity contribution in [3.05, 3.63) is 77.5 Å². The molecule has 1 aliphatic carbocycles. The van der Waals surface area contributed by atoms with Crippen LogP contribution in [0, 0.1) is 11.8 Å². The van der Waals surface area contributed by atoms with Gasteiger partial charge in [-0.15, -0.1) is 0 Å².